The first kappa shape index (κ1) is 10.8. The average molecular weight is 239 g/mol. The average Bonchev–Trinajstić information content (AvgIpc) is 2.75. The fourth-order valence-corrected chi connectivity index (χ4v) is 2.07. The molecule has 0 unspecified atom stereocenters. The topological polar surface area (TPSA) is 39.9 Å². The van der Waals surface area contributed by atoms with Gasteiger partial charge in [0.1, 0.15) is 17.1 Å². The Balaban J connectivity index is 2.20. The van der Waals surface area contributed by atoms with Crippen molar-refractivity contribution in [3.05, 3.63) is 48.4 Å². The van der Waals surface area contributed by atoms with E-state index in [1.165, 1.54) is 0 Å². The fraction of sp³-hybridized carbons (Fsp3) is 0.143. The van der Waals surface area contributed by atoms with Crippen LogP contribution in [0.5, 0.6) is 5.75 Å². The van der Waals surface area contributed by atoms with Crippen LogP contribution < -0.4 is 4.74 Å². The Morgan fingerprint density at radius 3 is 2.61 bits per heavy atom. The van der Waals surface area contributed by atoms with Gasteiger partial charge >= 0.3 is 0 Å². The van der Waals surface area contributed by atoms with E-state index in [-0.39, 0.29) is 0 Å². The molecule has 1 aromatic carbocycles. The zero-order valence-electron chi connectivity index (χ0n) is 10.3. The normalized spacial score (nSPS) is 10.8. The molecule has 0 saturated carbocycles. The zero-order valence-corrected chi connectivity index (χ0v) is 10.3. The van der Waals surface area contributed by atoms with Gasteiger partial charge in [0.2, 0.25) is 0 Å². The first-order chi connectivity index (χ1) is 8.79. The second-order valence-electron chi connectivity index (χ2n) is 4.04. The van der Waals surface area contributed by atoms with E-state index in [1.54, 1.807) is 13.3 Å². The smallest absolute Gasteiger partial charge is 0.164 e. The molecule has 0 aliphatic rings. The fourth-order valence-electron chi connectivity index (χ4n) is 2.07. The van der Waals surface area contributed by atoms with Crippen LogP contribution in [0, 0.1) is 6.92 Å². The quantitative estimate of drug-likeness (QED) is 0.690. The summed E-state index contributed by atoms with van der Waals surface area (Å²) in [4.78, 5) is 8.89. The lowest BCUT2D eigenvalue weighted by Crippen LogP contribution is -1.97. The van der Waals surface area contributed by atoms with Crippen LogP contribution in [-0.4, -0.2) is 21.6 Å². The van der Waals surface area contributed by atoms with E-state index >= 15 is 0 Å². The van der Waals surface area contributed by atoms with Crippen LogP contribution in [-0.2, 0) is 0 Å². The van der Waals surface area contributed by atoms with E-state index in [1.807, 2.05) is 47.9 Å². The van der Waals surface area contributed by atoms with Crippen molar-refractivity contribution in [2.24, 2.45) is 0 Å². The van der Waals surface area contributed by atoms with E-state index in [0.717, 1.165) is 28.4 Å². The number of rotatable bonds is 2. The molecule has 0 radical (unpaired) electrons. The molecule has 0 amide bonds. The first-order valence-electron chi connectivity index (χ1n) is 5.74. The predicted octanol–water partition coefficient (Wildman–Crippen LogP) is 2.74. The van der Waals surface area contributed by atoms with Gasteiger partial charge in [-0.25, -0.2) is 9.97 Å². The molecule has 3 aromatic rings. The third-order valence-corrected chi connectivity index (χ3v) is 2.91. The molecule has 4 heteroatoms. The van der Waals surface area contributed by atoms with Gasteiger partial charge in [-0.2, -0.15) is 0 Å². The highest BCUT2D eigenvalue weighted by Gasteiger charge is 2.09. The summed E-state index contributed by atoms with van der Waals surface area (Å²) in [5, 5.41) is 0. The van der Waals surface area contributed by atoms with Crippen molar-refractivity contribution in [3.63, 3.8) is 0 Å². The molecule has 2 heterocycles. The van der Waals surface area contributed by atoms with Gasteiger partial charge in [0.05, 0.1) is 7.11 Å². The summed E-state index contributed by atoms with van der Waals surface area (Å²) in [6.07, 6.45) is 1.78. The molecule has 0 fully saturated rings. The molecule has 18 heavy (non-hydrogen) atoms. The second-order valence-corrected chi connectivity index (χ2v) is 4.04. The Labute approximate surface area is 105 Å². The van der Waals surface area contributed by atoms with Crippen LogP contribution in [0.4, 0.5) is 0 Å². The number of ether oxygens (including phenoxy) is 1. The Morgan fingerprint density at radius 2 is 1.89 bits per heavy atom. The van der Waals surface area contributed by atoms with Crippen molar-refractivity contribution in [1.29, 1.82) is 0 Å². The van der Waals surface area contributed by atoms with Crippen molar-refractivity contribution in [2.45, 2.75) is 6.92 Å². The molecule has 3 rings (SSSR count). The number of pyridine rings is 1. The number of hydrogen-bond acceptors (Lipinski definition) is 3. The lowest BCUT2D eigenvalue weighted by atomic mass is 10.3. The molecule has 2 aromatic heterocycles. The molecular weight excluding hydrogens is 226 g/mol. The molecule has 0 atom stereocenters. The summed E-state index contributed by atoms with van der Waals surface area (Å²) in [7, 11) is 1.66. The molecule has 90 valence electrons. The Bertz CT molecular complexity index is 686. The highest BCUT2D eigenvalue weighted by atomic mass is 16.5. The standard InChI is InChI=1S/C14H13N3O/c1-10-16-13-4-3-9-15-14(13)17(10)11-5-7-12(18-2)8-6-11/h3-9H,1-2H3. The predicted molar refractivity (Wildman–Crippen MR) is 70.2 cm³/mol. The van der Waals surface area contributed by atoms with Crippen molar-refractivity contribution in [1.82, 2.24) is 14.5 Å². The molecule has 0 aliphatic heterocycles. The third-order valence-electron chi connectivity index (χ3n) is 2.91. The molecule has 4 nitrogen and oxygen atoms in total. The minimum Gasteiger partial charge on any atom is -0.497 e. The van der Waals surface area contributed by atoms with Crippen molar-refractivity contribution in [2.75, 3.05) is 7.11 Å². The van der Waals surface area contributed by atoms with E-state index in [2.05, 4.69) is 9.97 Å². The number of fused-ring (bicyclic) bond motifs is 1. The number of aromatic nitrogens is 3. The van der Waals surface area contributed by atoms with Gasteiger partial charge in [0, 0.05) is 11.9 Å². The minimum absolute atomic E-state index is 0.841. The van der Waals surface area contributed by atoms with E-state index in [0.29, 0.717) is 0 Å². The van der Waals surface area contributed by atoms with Crippen molar-refractivity contribution in [3.8, 4) is 11.4 Å². The number of methoxy groups -OCH3 is 1. The number of aryl methyl sites for hydroxylation is 1. The summed E-state index contributed by atoms with van der Waals surface area (Å²) in [6.45, 7) is 1.98. The highest BCUT2D eigenvalue weighted by Crippen LogP contribution is 2.21. The Morgan fingerprint density at radius 1 is 1.11 bits per heavy atom. The van der Waals surface area contributed by atoms with Crippen LogP contribution in [0.3, 0.4) is 0 Å². The largest absolute Gasteiger partial charge is 0.497 e. The summed E-state index contributed by atoms with van der Waals surface area (Å²) in [5.74, 6) is 1.77. The first-order valence-corrected chi connectivity index (χ1v) is 5.74. The maximum Gasteiger partial charge on any atom is 0.164 e. The van der Waals surface area contributed by atoms with Crippen LogP contribution >= 0.6 is 0 Å². The molecule has 0 saturated heterocycles. The van der Waals surface area contributed by atoms with Gasteiger partial charge in [0.25, 0.3) is 0 Å². The number of benzene rings is 1. The number of nitrogens with zero attached hydrogens (tertiary/aromatic N) is 3. The van der Waals surface area contributed by atoms with Crippen LogP contribution in [0.25, 0.3) is 16.9 Å². The summed E-state index contributed by atoms with van der Waals surface area (Å²) < 4.78 is 7.20. The number of hydrogen-bond donors (Lipinski definition) is 0. The van der Waals surface area contributed by atoms with Gasteiger partial charge in [-0.3, -0.25) is 4.57 Å². The Hall–Kier alpha value is -2.36. The summed E-state index contributed by atoms with van der Waals surface area (Å²) in [6, 6.07) is 11.7. The van der Waals surface area contributed by atoms with E-state index in [4.69, 9.17) is 4.74 Å². The summed E-state index contributed by atoms with van der Waals surface area (Å²) in [5.41, 5.74) is 2.82. The van der Waals surface area contributed by atoms with Gasteiger partial charge < -0.3 is 4.74 Å². The molecule has 0 spiro atoms. The minimum atomic E-state index is 0.841. The van der Waals surface area contributed by atoms with Crippen molar-refractivity contribution >= 4 is 11.2 Å². The molecule has 0 aliphatic carbocycles. The van der Waals surface area contributed by atoms with Gasteiger partial charge in [-0.15, -0.1) is 0 Å². The third kappa shape index (κ3) is 1.62. The maximum atomic E-state index is 5.16. The van der Waals surface area contributed by atoms with Crippen LogP contribution in [0.15, 0.2) is 42.6 Å². The molecule has 0 N–H and O–H groups in total. The maximum absolute atomic E-state index is 5.16. The Kier molecular flexibility index (Phi) is 2.48. The zero-order chi connectivity index (χ0) is 12.5. The molecule has 0 bridgehead atoms. The lowest BCUT2D eigenvalue weighted by molar-refractivity contribution is 0.414. The van der Waals surface area contributed by atoms with Crippen LogP contribution in [0.1, 0.15) is 5.82 Å². The van der Waals surface area contributed by atoms with Gasteiger partial charge in [-0.1, -0.05) is 0 Å². The molecular formula is C14H13N3O. The SMILES string of the molecule is COc1ccc(-n2c(C)nc3cccnc32)cc1. The van der Waals surface area contributed by atoms with Gasteiger partial charge in [0.15, 0.2) is 5.65 Å². The lowest BCUT2D eigenvalue weighted by Gasteiger charge is -2.07. The monoisotopic (exact) mass is 239 g/mol. The van der Waals surface area contributed by atoms with Crippen LogP contribution in [0.2, 0.25) is 0 Å². The summed E-state index contributed by atoms with van der Waals surface area (Å²) >= 11 is 0. The second kappa shape index (κ2) is 4.14. The van der Waals surface area contributed by atoms with Crippen molar-refractivity contribution < 1.29 is 4.74 Å². The van der Waals surface area contributed by atoms with Gasteiger partial charge in [-0.05, 0) is 43.3 Å². The van der Waals surface area contributed by atoms with E-state index in [9.17, 15) is 0 Å². The van der Waals surface area contributed by atoms with E-state index < -0.39 is 0 Å². The number of imidazole rings is 1. The highest BCUT2D eigenvalue weighted by molar-refractivity contribution is 5.73.